The van der Waals surface area contributed by atoms with Crippen molar-refractivity contribution in [1.82, 2.24) is 15.1 Å². The quantitative estimate of drug-likeness (QED) is 0.456. The number of benzene rings is 2. The molecule has 0 bridgehead atoms. The molecule has 0 atom stereocenters. The molecule has 0 unspecified atom stereocenters. The van der Waals surface area contributed by atoms with E-state index in [9.17, 15) is 14.4 Å². The molecule has 7 heteroatoms. The van der Waals surface area contributed by atoms with Crippen LogP contribution in [0.25, 0.3) is 6.08 Å². The SMILES string of the molecule is Cc1nn(Cc2ccc(F)cc2)c(Cl)c1/C=C(\C#N)C(=O)NCCc1ccccc1. The van der Waals surface area contributed by atoms with E-state index in [0.29, 0.717) is 35.9 Å². The van der Waals surface area contributed by atoms with Crippen molar-refractivity contribution in [3.8, 4) is 6.07 Å². The summed E-state index contributed by atoms with van der Waals surface area (Å²) >= 11 is 6.44. The number of nitriles is 1. The number of nitrogens with one attached hydrogen (secondary N) is 1. The summed E-state index contributed by atoms with van der Waals surface area (Å²) < 4.78 is 14.6. The molecule has 1 amide bonds. The second-order valence-electron chi connectivity index (χ2n) is 6.74. The minimum absolute atomic E-state index is 0.0469. The first-order chi connectivity index (χ1) is 14.5. The van der Waals surface area contributed by atoms with E-state index in [1.807, 2.05) is 36.4 Å². The van der Waals surface area contributed by atoms with Gasteiger partial charge in [0.05, 0.1) is 12.2 Å². The fourth-order valence-corrected chi connectivity index (χ4v) is 3.24. The van der Waals surface area contributed by atoms with Crippen LogP contribution in [0.3, 0.4) is 0 Å². The third-order valence-corrected chi connectivity index (χ3v) is 4.95. The first-order valence-electron chi connectivity index (χ1n) is 9.39. The van der Waals surface area contributed by atoms with E-state index in [0.717, 1.165) is 11.1 Å². The van der Waals surface area contributed by atoms with E-state index >= 15 is 0 Å². The average Bonchev–Trinajstić information content (AvgIpc) is 3.01. The Morgan fingerprint density at radius 3 is 2.57 bits per heavy atom. The number of aromatic nitrogens is 2. The molecule has 0 aliphatic carbocycles. The summed E-state index contributed by atoms with van der Waals surface area (Å²) in [6.07, 6.45) is 2.12. The van der Waals surface area contributed by atoms with Crippen molar-refractivity contribution in [3.05, 3.63) is 93.5 Å². The highest BCUT2D eigenvalue weighted by Gasteiger charge is 2.16. The number of carbonyl (C=O) groups is 1. The van der Waals surface area contributed by atoms with Gasteiger partial charge in [0.15, 0.2) is 0 Å². The summed E-state index contributed by atoms with van der Waals surface area (Å²) in [7, 11) is 0. The summed E-state index contributed by atoms with van der Waals surface area (Å²) in [5.41, 5.74) is 2.98. The topological polar surface area (TPSA) is 70.7 Å². The number of halogens is 2. The van der Waals surface area contributed by atoms with Gasteiger partial charge in [0, 0.05) is 12.1 Å². The second-order valence-corrected chi connectivity index (χ2v) is 7.09. The maximum absolute atomic E-state index is 13.1. The van der Waals surface area contributed by atoms with Crippen molar-refractivity contribution in [2.75, 3.05) is 6.54 Å². The molecule has 0 aliphatic heterocycles. The van der Waals surface area contributed by atoms with Crippen LogP contribution in [0.15, 0.2) is 60.2 Å². The van der Waals surface area contributed by atoms with E-state index in [1.54, 1.807) is 23.7 Å². The van der Waals surface area contributed by atoms with Crippen molar-refractivity contribution in [1.29, 1.82) is 5.26 Å². The molecule has 2 aromatic carbocycles. The molecule has 1 aromatic heterocycles. The van der Waals surface area contributed by atoms with Crippen LogP contribution in [0.2, 0.25) is 5.15 Å². The van der Waals surface area contributed by atoms with Gasteiger partial charge in [0.25, 0.3) is 5.91 Å². The van der Waals surface area contributed by atoms with Gasteiger partial charge >= 0.3 is 0 Å². The lowest BCUT2D eigenvalue weighted by Gasteiger charge is -2.05. The van der Waals surface area contributed by atoms with E-state index in [1.165, 1.54) is 18.2 Å². The van der Waals surface area contributed by atoms with Crippen LogP contribution in [-0.2, 0) is 17.8 Å². The molecule has 3 aromatic rings. The van der Waals surface area contributed by atoms with Crippen molar-refractivity contribution < 1.29 is 9.18 Å². The van der Waals surface area contributed by atoms with Crippen LogP contribution >= 0.6 is 11.6 Å². The maximum Gasteiger partial charge on any atom is 0.261 e. The second kappa shape index (κ2) is 9.86. The number of hydrogen-bond acceptors (Lipinski definition) is 3. The zero-order valence-electron chi connectivity index (χ0n) is 16.4. The highest BCUT2D eigenvalue weighted by molar-refractivity contribution is 6.31. The number of hydrogen-bond donors (Lipinski definition) is 1. The zero-order chi connectivity index (χ0) is 21.5. The predicted molar refractivity (Wildman–Crippen MR) is 114 cm³/mol. The molecule has 0 radical (unpaired) electrons. The van der Waals surface area contributed by atoms with Crippen LogP contribution in [0.4, 0.5) is 4.39 Å². The van der Waals surface area contributed by atoms with Gasteiger partial charge in [0.2, 0.25) is 0 Å². The van der Waals surface area contributed by atoms with Crippen molar-refractivity contribution in [3.63, 3.8) is 0 Å². The molecule has 0 saturated carbocycles. The molecule has 1 N–H and O–H groups in total. The Morgan fingerprint density at radius 2 is 1.90 bits per heavy atom. The van der Waals surface area contributed by atoms with Crippen LogP contribution in [0, 0.1) is 24.1 Å². The molecule has 3 rings (SSSR count). The molecule has 5 nitrogen and oxygen atoms in total. The summed E-state index contributed by atoms with van der Waals surface area (Å²) in [5.74, 6) is -0.780. The molecule has 0 aliphatic rings. The molecule has 0 spiro atoms. The Morgan fingerprint density at radius 1 is 1.20 bits per heavy atom. The van der Waals surface area contributed by atoms with Gasteiger partial charge in [-0.25, -0.2) is 9.07 Å². The summed E-state index contributed by atoms with van der Waals surface area (Å²) in [5, 5.41) is 16.9. The summed E-state index contributed by atoms with van der Waals surface area (Å²) in [4.78, 5) is 12.4. The molecule has 30 heavy (non-hydrogen) atoms. The van der Waals surface area contributed by atoms with Gasteiger partial charge in [-0.3, -0.25) is 4.79 Å². The van der Waals surface area contributed by atoms with Gasteiger partial charge in [-0.05, 0) is 42.7 Å². The Hall–Kier alpha value is -3.43. The number of amides is 1. The van der Waals surface area contributed by atoms with E-state index < -0.39 is 5.91 Å². The van der Waals surface area contributed by atoms with Gasteiger partial charge in [-0.1, -0.05) is 54.1 Å². The Labute approximate surface area is 179 Å². The van der Waals surface area contributed by atoms with E-state index in [2.05, 4.69) is 10.4 Å². The Kier molecular flexibility index (Phi) is 6.99. The van der Waals surface area contributed by atoms with Crippen LogP contribution < -0.4 is 5.32 Å². The fraction of sp³-hybridized carbons (Fsp3) is 0.174. The van der Waals surface area contributed by atoms with E-state index in [-0.39, 0.29) is 11.4 Å². The van der Waals surface area contributed by atoms with E-state index in [4.69, 9.17) is 11.6 Å². The lowest BCUT2D eigenvalue weighted by Crippen LogP contribution is -2.26. The van der Waals surface area contributed by atoms with Gasteiger partial charge in [-0.15, -0.1) is 0 Å². The third-order valence-electron chi connectivity index (χ3n) is 4.55. The zero-order valence-corrected chi connectivity index (χ0v) is 17.2. The maximum atomic E-state index is 13.1. The smallest absolute Gasteiger partial charge is 0.261 e. The minimum atomic E-state index is -0.463. The number of aryl methyl sites for hydroxylation is 1. The molecule has 1 heterocycles. The van der Waals surface area contributed by atoms with Gasteiger partial charge in [-0.2, -0.15) is 10.4 Å². The highest BCUT2D eigenvalue weighted by Crippen LogP contribution is 2.23. The average molecular weight is 423 g/mol. The lowest BCUT2D eigenvalue weighted by atomic mass is 10.1. The molecule has 0 saturated heterocycles. The van der Waals surface area contributed by atoms with Crippen molar-refractivity contribution in [2.45, 2.75) is 19.9 Å². The van der Waals surface area contributed by atoms with Gasteiger partial charge < -0.3 is 5.32 Å². The summed E-state index contributed by atoms with van der Waals surface area (Å²) in [6, 6.07) is 17.7. The minimum Gasteiger partial charge on any atom is -0.351 e. The largest absolute Gasteiger partial charge is 0.351 e. The molecule has 152 valence electrons. The third kappa shape index (κ3) is 5.34. The van der Waals surface area contributed by atoms with Crippen molar-refractivity contribution in [2.24, 2.45) is 0 Å². The molecule has 0 fully saturated rings. The van der Waals surface area contributed by atoms with Crippen LogP contribution in [-0.4, -0.2) is 22.2 Å². The standard InChI is InChI=1S/C23H20ClFN4O/c1-16-21(22(24)29(28-16)15-18-7-9-20(25)10-8-18)13-19(14-26)23(30)27-12-11-17-5-3-2-4-6-17/h2-10,13H,11-12,15H2,1H3,(H,27,30)/b19-13+. The first kappa shape index (κ1) is 21.3. The first-order valence-corrected chi connectivity index (χ1v) is 9.77. The Bertz CT molecular complexity index is 1100. The predicted octanol–water partition coefficient (Wildman–Crippen LogP) is 4.30. The Balaban J connectivity index is 1.71. The lowest BCUT2D eigenvalue weighted by molar-refractivity contribution is -0.117. The number of nitrogens with zero attached hydrogens (tertiary/aromatic N) is 3. The number of carbonyl (C=O) groups excluding carboxylic acids is 1. The van der Waals surface area contributed by atoms with Crippen molar-refractivity contribution >= 4 is 23.6 Å². The normalized spacial score (nSPS) is 11.2. The molecular formula is C23H20ClFN4O. The monoisotopic (exact) mass is 422 g/mol. The van der Waals surface area contributed by atoms with Gasteiger partial charge in [0.1, 0.15) is 22.6 Å². The molecular weight excluding hydrogens is 403 g/mol. The fourth-order valence-electron chi connectivity index (χ4n) is 2.95. The highest BCUT2D eigenvalue weighted by atomic mass is 35.5. The number of rotatable bonds is 7. The van der Waals surface area contributed by atoms with Crippen LogP contribution in [0.1, 0.15) is 22.4 Å². The van der Waals surface area contributed by atoms with Crippen LogP contribution in [0.5, 0.6) is 0 Å². The summed E-state index contributed by atoms with van der Waals surface area (Å²) in [6.45, 7) is 2.51.